The van der Waals surface area contributed by atoms with Crippen LogP contribution in [0.15, 0.2) is 36.2 Å². The number of aryl methyl sites for hydroxylation is 1. The monoisotopic (exact) mass is 462 g/mol. The minimum atomic E-state index is -0.644. The van der Waals surface area contributed by atoms with Gasteiger partial charge in [0.1, 0.15) is 25.1 Å². The highest BCUT2D eigenvalue weighted by Crippen LogP contribution is 2.29. The maximum atomic E-state index is 11.9. The smallest absolute Gasteiger partial charge is 0.338 e. The topological polar surface area (TPSA) is 160 Å². The summed E-state index contributed by atoms with van der Waals surface area (Å²) in [5.41, 5.74) is 4.89. The standard InChI is InChI=1S/C24H26N6O4/c1-14-5-22(29-10-17(14)7-26)28-9-16(6-25)8-27-11-21(30-23(32)12-31)18-3-4-19-20(15(18)2)13-34-24(19)33/h3-6,9-10,21,25,27,31H,8,11-13H2,1-2H3,(H,28,29)(H,30,32)/b16-9+,25-6?. The molecule has 1 unspecified atom stereocenters. The number of benzene rings is 1. The third kappa shape index (κ3) is 5.64. The van der Waals surface area contributed by atoms with Crippen LogP contribution in [0.1, 0.15) is 44.2 Å². The van der Waals surface area contributed by atoms with E-state index in [0.29, 0.717) is 35.6 Å². The molecule has 0 spiro atoms. The van der Waals surface area contributed by atoms with Crippen LogP contribution in [0.3, 0.4) is 0 Å². The number of rotatable bonds is 10. The minimum absolute atomic E-state index is 0.192. The van der Waals surface area contributed by atoms with Gasteiger partial charge >= 0.3 is 5.97 Å². The largest absolute Gasteiger partial charge is 0.457 e. The van der Waals surface area contributed by atoms with E-state index in [4.69, 9.17) is 15.4 Å². The Hall–Kier alpha value is -4.07. The Labute approximate surface area is 197 Å². The van der Waals surface area contributed by atoms with Crippen LogP contribution in [0.25, 0.3) is 0 Å². The van der Waals surface area contributed by atoms with Crippen LogP contribution < -0.4 is 16.0 Å². The van der Waals surface area contributed by atoms with Gasteiger partial charge in [-0.15, -0.1) is 0 Å². The van der Waals surface area contributed by atoms with Crippen molar-refractivity contribution in [3.63, 3.8) is 0 Å². The van der Waals surface area contributed by atoms with E-state index in [9.17, 15) is 14.7 Å². The van der Waals surface area contributed by atoms with Crippen LogP contribution in [0.4, 0.5) is 5.82 Å². The van der Waals surface area contributed by atoms with Crippen molar-refractivity contribution in [2.45, 2.75) is 26.5 Å². The quantitative estimate of drug-likeness (QED) is 0.263. The fourth-order valence-electron chi connectivity index (χ4n) is 3.65. The first-order valence-corrected chi connectivity index (χ1v) is 10.6. The molecule has 1 amide bonds. The number of anilines is 1. The molecule has 1 aromatic heterocycles. The van der Waals surface area contributed by atoms with Gasteiger partial charge in [0.25, 0.3) is 0 Å². The SMILES string of the molecule is Cc1cc(N/C=C(\C=N)CNCC(NC(=O)CO)c2ccc3c(c2C)COC3=O)ncc1C#N. The van der Waals surface area contributed by atoms with Crippen molar-refractivity contribution in [1.82, 2.24) is 15.6 Å². The molecule has 0 radical (unpaired) electrons. The molecule has 10 nitrogen and oxygen atoms in total. The van der Waals surface area contributed by atoms with Crippen molar-refractivity contribution < 1.29 is 19.4 Å². The van der Waals surface area contributed by atoms with Gasteiger partial charge in [-0.2, -0.15) is 5.26 Å². The number of nitrogens with one attached hydrogen (secondary N) is 4. The predicted octanol–water partition coefficient (Wildman–Crippen LogP) is 1.63. The number of esters is 1. The summed E-state index contributed by atoms with van der Waals surface area (Å²) >= 11 is 0. The van der Waals surface area contributed by atoms with E-state index in [1.807, 2.05) is 13.8 Å². The Morgan fingerprint density at radius 3 is 2.88 bits per heavy atom. The van der Waals surface area contributed by atoms with Gasteiger partial charge in [-0.05, 0) is 48.2 Å². The zero-order valence-corrected chi connectivity index (χ0v) is 18.9. The van der Waals surface area contributed by atoms with Gasteiger partial charge in [-0.25, -0.2) is 9.78 Å². The van der Waals surface area contributed by atoms with E-state index < -0.39 is 18.6 Å². The van der Waals surface area contributed by atoms with Crippen molar-refractivity contribution in [3.8, 4) is 6.07 Å². The summed E-state index contributed by atoms with van der Waals surface area (Å²) in [6, 6.07) is 6.80. The maximum absolute atomic E-state index is 11.9. The van der Waals surface area contributed by atoms with Gasteiger partial charge in [0, 0.05) is 37.3 Å². The molecule has 1 aliphatic heterocycles. The summed E-state index contributed by atoms with van der Waals surface area (Å²) < 4.78 is 5.11. The number of aromatic nitrogens is 1. The van der Waals surface area contributed by atoms with Gasteiger partial charge in [0.2, 0.25) is 5.91 Å². The first-order chi connectivity index (χ1) is 16.4. The van der Waals surface area contributed by atoms with Gasteiger partial charge < -0.3 is 31.2 Å². The lowest BCUT2D eigenvalue weighted by molar-refractivity contribution is -0.124. The predicted molar refractivity (Wildman–Crippen MR) is 125 cm³/mol. The van der Waals surface area contributed by atoms with Crippen molar-refractivity contribution in [3.05, 3.63) is 69.5 Å². The average molecular weight is 463 g/mol. The molecule has 10 heteroatoms. The molecule has 1 aromatic carbocycles. The number of carbonyl (C=O) groups is 2. The van der Waals surface area contributed by atoms with Crippen LogP contribution in [-0.4, -0.2) is 47.9 Å². The second-order valence-corrected chi connectivity index (χ2v) is 7.80. The summed E-state index contributed by atoms with van der Waals surface area (Å²) in [4.78, 5) is 27.9. The first-order valence-electron chi connectivity index (χ1n) is 10.6. The van der Waals surface area contributed by atoms with Crippen molar-refractivity contribution in [2.24, 2.45) is 0 Å². The Morgan fingerprint density at radius 1 is 1.41 bits per heavy atom. The normalized spacial score (nSPS) is 13.5. The number of cyclic esters (lactones) is 1. The highest BCUT2D eigenvalue weighted by Gasteiger charge is 2.26. The van der Waals surface area contributed by atoms with Gasteiger partial charge in [-0.1, -0.05) is 6.07 Å². The molecule has 5 N–H and O–H groups in total. The lowest BCUT2D eigenvalue weighted by Gasteiger charge is -2.22. The second kappa shape index (κ2) is 11.2. The third-order valence-electron chi connectivity index (χ3n) is 5.56. The van der Waals surface area contributed by atoms with Crippen molar-refractivity contribution >= 4 is 23.9 Å². The Morgan fingerprint density at radius 2 is 2.21 bits per heavy atom. The van der Waals surface area contributed by atoms with Gasteiger partial charge in [-0.3, -0.25) is 4.79 Å². The number of fused-ring (bicyclic) bond motifs is 1. The molecule has 34 heavy (non-hydrogen) atoms. The van der Waals surface area contributed by atoms with Gasteiger partial charge in [0.15, 0.2) is 0 Å². The molecule has 176 valence electrons. The molecule has 1 aliphatic rings. The molecular weight excluding hydrogens is 436 g/mol. The van der Waals surface area contributed by atoms with E-state index in [1.54, 1.807) is 24.4 Å². The Kier molecular flexibility index (Phi) is 8.08. The molecule has 1 atom stereocenters. The van der Waals surface area contributed by atoms with Crippen LogP contribution in [0.2, 0.25) is 0 Å². The first kappa shape index (κ1) is 24.6. The van der Waals surface area contributed by atoms with Crippen LogP contribution in [0, 0.1) is 30.6 Å². The van der Waals surface area contributed by atoms with Crippen molar-refractivity contribution in [2.75, 3.05) is 25.0 Å². The number of pyridine rings is 1. The summed E-state index contributed by atoms with van der Waals surface area (Å²) in [6.07, 6.45) is 4.32. The molecule has 2 heterocycles. The number of nitriles is 1. The number of hydrogen-bond donors (Lipinski definition) is 5. The van der Waals surface area contributed by atoms with E-state index in [-0.39, 0.29) is 12.6 Å². The zero-order valence-electron chi connectivity index (χ0n) is 18.9. The average Bonchev–Trinajstić information content (AvgIpc) is 3.22. The molecule has 0 saturated heterocycles. The lowest BCUT2D eigenvalue weighted by atomic mass is 9.94. The number of aliphatic hydroxyl groups is 1. The molecule has 0 fully saturated rings. The maximum Gasteiger partial charge on any atom is 0.338 e. The number of amides is 1. The van der Waals surface area contributed by atoms with E-state index >= 15 is 0 Å². The molecule has 3 rings (SSSR count). The molecule has 0 bridgehead atoms. The highest BCUT2D eigenvalue weighted by atomic mass is 16.5. The third-order valence-corrected chi connectivity index (χ3v) is 5.56. The highest BCUT2D eigenvalue weighted by molar-refractivity contribution is 5.94. The van der Waals surface area contributed by atoms with E-state index in [1.165, 1.54) is 12.4 Å². The molecular formula is C24H26N6O4. The van der Waals surface area contributed by atoms with Gasteiger partial charge in [0.05, 0.1) is 17.2 Å². The fourth-order valence-corrected chi connectivity index (χ4v) is 3.65. The van der Waals surface area contributed by atoms with E-state index in [2.05, 4.69) is 27.0 Å². The Balaban J connectivity index is 1.69. The second-order valence-electron chi connectivity index (χ2n) is 7.80. The lowest BCUT2D eigenvalue weighted by Crippen LogP contribution is -2.38. The van der Waals surface area contributed by atoms with Crippen LogP contribution in [0.5, 0.6) is 0 Å². The number of aliphatic hydroxyl groups excluding tert-OH is 1. The summed E-state index contributed by atoms with van der Waals surface area (Å²) in [5.74, 6) is -0.334. The number of nitrogens with zero attached hydrogens (tertiary/aromatic N) is 2. The molecule has 0 aliphatic carbocycles. The summed E-state index contributed by atoms with van der Waals surface area (Å²) in [7, 11) is 0. The molecule has 0 saturated carbocycles. The van der Waals surface area contributed by atoms with Crippen LogP contribution in [-0.2, 0) is 16.1 Å². The van der Waals surface area contributed by atoms with Crippen LogP contribution >= 0.6 is 0 Å². The molecule has 2 aromatic rings. The number of hydrogen-bond acceptors (Lipinski definition) is 9. The van der Waals surface area contributed by atoms with Crippen molar-refractivity contribution in [1.29, 1.82) is 10.7 Å². The summed E-state index contributed by atoms with van der Waals surface area (Å²) in [6.45, 7) is 3.87. The number of ether oxygens (including phenoxy) is 1. The number of carbonyl (C=O) groups excluding carboxylic acids is 2. The zero-order chi connectivity index (χ0) is 24.7. The summed E-state index contributed by atoms with van der Waals surface area (Å²) in [5, 5.41) is 34.9. The Bertz CT molecular complexity index is 1180. The minimum Gasteiger partial charge on any atom is -0.457 e. The van der Waals surface area contributed by atoms with E-state index in [0.717, 1.165) is 22.3 Å². The fraction of sp³-hybridized carbons (Fsp3) is 0.292.